The van der Waals surface area contributed by atoms with E-state index in [1.54, 1.807) is 22.9 Å². The summed E-state index contributed by atoms with van der Waals surface area (Å²) < 4.78 is 7.47. The first-order valence-corrected chi connectivity index (χ1v) is 11.8. The summed E-state index contributed by atoms with van der Waals surface area (Å²) in [5.74, 6) is 0.542. The topological polar surface area (TPSA) is 99.8 Å². The first-order valence-electron chi connectivity index (χ1n) is 11.8. The zero-order chi connectivity index (χ0) is 24.2. The molecule has 1 unspecified atom stereocenters. The average molecular weight is 462 g/mol. The Morgan fingerprint density at radius 2 is 1.82 bits per heavy atom. The standard InChI is InChI=1S/C27H31N5O2.2H2/c1-5-21(6-2)32-16-20(11-12-26(32)33)24-15-29-17(4)27(30-24)25-14-23(31-34-25)19-10-8-9-18(13-19)22(28)7-3;;/h8-16,21-22H,5-7,28H2,1-4H3;2*1H. The molecule has 0 bridgehead atoms. The van der Waals surface area contributed by atoms with Crippen molar-refractivity contribution in [3.05, 3.63) is 76.5 Å². The quantitative estimate of drug-likeness (QED) is 0.335. The van der Waals surface area contributed by atoms with Gasteiger partial charge in [-0.1, -0.05) is 44.1 Å². The van der Waals surface area contributed by atoms with E-state index in [-0.39, 0.29) is 20.5 Å². The smallest absolute Gasteiger partial charge is 0.250 e. The molecule has 0 spiro atoms. The fraction of sp³-hybridized carbons (Fsp3) is 0.333. The molecular weight excluding hydrogens is 426 g/mol. The third-order valence-electron chi connectivity index (χ3n) is 6.32. The van der Waals surface area contributed by atoms with Gasteiger partial charge in [-0.05, 0) is 43.9 Å². The van der Waals surface area contributed by atoms with E-state index in [2.05, 4.69) is 30.9 Å². The van der Waals surface area contributed by atoms with Crippen LogP contribution in [0.15, 0.2) is 64.2 Å². The Labute approximate surface area is 202 Å². The number of rotatable bonds is 8. The summed E-state index contributed by atoms with van der Waals surface area (Å²) in [5, 5.41) is 4.27. The van der Waals surface area contributed by atoms with Crippen LogP contribution in [-0.2, 0) is 0 Å². The van der Waals surface area contributed by atoms with Crippen LogP contribution in [0.4, 0.5) is 0 Å². The average Bonchev–Trinajstić information content (AvgIpc) is 3.36. The van der Waals surface area contributed by atoms with Crippen LogP contribution in [0.1, 0.15) is 66.2 Å². The van der Waals surface area contributed by atoms with E-state index in [4.69, 9.17) is 15.2 Å². The zero-order valence-electron chi connectivity index (χ0n) is 20.2. The largest absolute Gasteiger partial charge is 0.354 e. The Bertz CT molecular complexity index is 1350. The van der Waals surface area contributed by atoms with Crippen molar-refractivity contribution < 1.29 is 7.38 Å². The molecule has 0 aliphatic rings. The highest BCUT2D eigenvalue weighted by Gasteiger charge is 2.16. The third kappa shape index (κ3) is 4.70. The fourth-order valence-corrected chi connectivity index (χ4v) is 4.13. The summed E-state index contributed by atoms with van der Waals surface area (Å²) >= 11 is 0. The fourth-order valence-electron chi connectivity index (χ4n) is 4.13. The van der Waals surface area contributed by atoms with Crippen LogP contribution < -0.4 is 11.3 Å². The van der Waals surface area contributed by atoms with Crippen LogP contribution >= 0.6 is 0 Å². The lowest BCUT2D eigenvalue weighted by Gasteiger charge is -2.17. The van der Waals surface area contributed by atoms with E-state index < -0.39 is 0 Å². The molecule has 0 saturated heterocycles. The lowest BCUT2D eigenvalue weighted by Crippen LogP contribution is -2.23. The van der Waals surface area contributed by atoms with E-state index in [1.165, 1.54) is 0 Å². The molecule has 180 valence electrons. The molecule has 2 N–H and O–H groups in total. The third-order valence-corrected chi connectivity index (χ3v) is 6.32. The molecule has 3 heterocycles. The van der Waals surface area contributed by atoms with Crippen molar-refractivity contribution in [1.82, 2.24) is 19.7 Å². The predicted octanol–water partition coefficient (Wildman–Crippen LogP) is 6.20. The van der Waals surface area contributed by atoms with Gasteiger partial charge in [0.2, 0.25) is 0 Å². The van der Waals surface area contributed by atoms with E-state index in [9.17, 15) is 4.79 Å². The van der Waals surface area contributed by atoms with Gasteiger partial charge >= 0.3 is 0 Å². The maximum Gasteiger partial charge on any atom is 0.250 e. The van der Waals surface area contributed by atoms with Crippen molar-refractivity contribution in [2.24, 2.45) is 5.73 Å². The highest BCUT2D eigenvalue weighted by molar-refractivity contribution is 5.68. The van der Waals surface area contributed by atoms with Crippen LogP contribution in [0.5, 0.6) is 0 Å². The Hall–Kier alpha value is -3.58. The predicted molar refractivity (Wildman–Crippen MR) is 138 cm³/mol. The van der Waals surface area contributed by atoms with E-state index in [1.807, 2.05) is 43.5 Å². The van der Waals surface area contributed by atoms with Gasteiger partial charge in [-0.15, -0.1) is 0 Å². The normalized spacial score (nSPS) is 12.3. The summed E-state index contributed by atoms with van der Waals surface area (Å²) in [5.41, 5.74) is 11.8. The van der Waals surface area contributed by atoms with Crippen LogP contribution in [0.2, 0.25) is 0 Å². The van der Waals surface area contributed by atoms with Gasteiger partial charge < -0.3 is 14.8 Å². The van der Waals surface area contributed by atoms with Crippen LogP contribution in [0.25, 0.3) is 34.0 Å². The molecule has 1 atom stereocenters. The first kappa shape index (κ1) is 23.6. The van der Waals surface area contributed by atoms with Gasteiger partial charge in [-0.25, -0.2) is 4.98 Å². The van der Waals surface area contributed by atoms with E-state index in [0.717, 1.165) is 41.6 Å². The maximum absolute atomic E-state index is 12.4. The van der Waals surface area contributed by atoms with Crippen LogP contribution in [0, 0.1) is 6.92 Å². The zero-order valence-corrected chi connectivity index (χ0v) is 20.2. The van der Waals surface area contributed by atoms with Gasteiger partial charge in [0.15, 0.2) is 5.76 Å². The van der Waals surface area contributed by atoms with Gasteiger partial charge in [0.25, 0.3) is 5.56 Å². The molecule has 1 aromatic carbocycles. The van der Waals surface area contributed by atoms with Gasteiger partial charge in [0, 0.05) is 44.4 Å². The van der Waals surface area contributed by atoms with Crippen LogP contribution in [0.3, 0.4) is 0 Å². The Morgan fingerprint density at radius 3 is 2.56 bits per heavy atom. The Balaban J connectivity index is 0.00000228. The second-order valence-electron chi connectivity index (χ2n) is 8.54. The summed E-state index contributed by atoms with van der Waals surface area (Å²) in [4.78, 5) is 21.8. The van der Waals surface area contributed by atoms with Gasteiger partial charge in [-0.3, -0.25) is 9.78 Å². The summed E-state index contributed by atoms with van der Waals surface area (Å²) in [7, 11) is 0. The second kappa shape index (κ2) is 10.1. The minimum Gasteiger partial charge on any atom is -0.354 e. The van der Waals surface area contributed by atoms with Crippen molar-refractivity contribution >= 4 is 0 Å². The molecule has 34 heavy (non-hydrogen) atoms. The minimum atomic E-state index is -0.0144. The summed E-state index contributed by atoms with van der Waals surface area (Å²) in [6.45, 7) is 8.13. The maximum atomic E-state index is 12.4. The molecular formula is C27H35N5O2. The molecule has 7 heteroatoms. The summed E-state index contributed by atoms with van der Waals surface area (Å²) in [6, 6.07) is 13.4. The van der Waals surface area contributed by atoms with Crippen LogP contribution in [-0.4, -0.2) is 19.7 Å². The molecule has 4 aromatic rings. The molecule has 0 saturated carbocycles. The summed E-state index contributed by atoms with van der Waals surface area (Å²) in [6.07, 6.45) is 6.23. The van der Waals surface area contributed by atoms with Crippen molar-refractivity contribution in [2.45, 2.75) is 59.0 Å². The second-order valence-corrected chi connectivity index (χ2v) is 8.54. The SMILES string of the molecule is CCC(N)c1cccc(-c2cc(-c3nc(-c4ccc(=O)n(C(CC)CC)c4)cnc3C)on2)c1.[HH].[HH]. The first-order chi connectivity index (χ1) is 16.4. The van der Waals surface area contributed by atoms with Gasteiger partial charge in [0.05, 0.1) is 17.6 Å². The van der Waals surface area contributed by atoms with Crippen molar-refractivity contribution in [3.63, 3.8) is 0 Å². The Morgan fingerprint density at radius 1 is 1.03 bits per heavy atom. The number of benzene rings is 1. The highest BCUT2D eigenvalue weighted by Crippen LogP contribution is 2.29. The molecule has 4 rings (SSSR count). The number of hydrogen-bond donors (Lipinski definition) is 1. The highest BCUT2D eigenvalue weighted by atomic mass is 16.5. The molecule has 0 radical (unpaired) electrons. The molecule has 7 nitrogen and oxygen atoms in total. The van der Waals surface area contributed by atoms with E-state index >= 15 is 0 Å². The number of nitrogens with two attached hydrogens (primary N) is 1. The molecule has 0 aliphatic carbocycles. The van der Waals surface area contributed by atoms with Crippen molar-refractivity contribution in [1.29, 1.82) is 0 Å². The number of hydrogen-bond acceptors (Lipinski definition) is 6. The minimum absolute atomic E-state index is 0. The lowest BCUT2D eigenvalue weighted by molar-refractivity contribution is 0.433. The molecule has 0 amide bonds. The Kier molecular flexibility index (Phi) is 7.03. The number of aromatic nitrogens is 4. The molecule has 0 aliphatic heterocycles. The van der Waals surface area contributed by atoms with E-state index in [0.29, 0.717) is 22.8 Å². The number of aryl methyl sites for hydroxylation is 1. The number of nitrogens with zero attached hydrogens (tertiary/aromatic N) is 4. The van der Waals surface area contributed by atoms with Crippen molar-refractivity contribution in [2.75, 3.05) is 0 Å². The monoisotopic (exact) mass is 461 g/mol. The van der Waals surface area contributed by atoms with Crippen molar-refractivity contribution in [3.8, 4) is 34.0 Å². The molecule has 3 aromatic heterocycles. The van der Waals surface area contributed by atoms with Gasteiger partial charge in [0.1, 0.15) is 11.4 Å². The lowest BCUT2D eigenvalue weighted by atomic mass is 10.0. The number of pyridine rings is 1. The van der Waals surface area contributed by atoms with Gasteiger partial charge in [-0.2, -0.15) is 0 Å². The molecule has 0 fully saturated rings.